The maximum Gasteiger partial charge on any atom is 0.151 e. The molecule has 0 radical (unpaired) electrons. The monoisotopic (exact) mass is 254 g/mol. The predicted octanol–water partition coefficient (Wildman–Crippen LogP) is 2.84. The standard InChI is InChI=1S/C11H12ClFN4/c1-3-4-8-10(17(14)7-16-15-2)6-5-9(12)11(8)13/h3-7H,2,14H2,1H3/b4-3+,16-7-. The Kier molecular flexibility index (Phi) is 4.81. The number of halogens is 2. The number of rotatable bonds is 4. The van der Waals surface area contributed by atoms with E-state index < -0.39 is 5.82 Å². The van der Waals surface area contributed by atoms with E-state index in [1.54, 1.807) is 25.1 Å². The first-order chi connectivity index (χ1) is 8.11. The Hall–Kier alpha value is -1.72. The Balaban J connectivity index is 3.27. The summed E-state index contributed by atoms with van der Waals surface area (Å²) in [6.45, 7) is 4.95. The average Bonchev–Trinajstić information content (AvgIpc) is 2.32. The molecule has 1 aromatic rings. The lowest BCUT2D eigenvalue weighted by Crippen LogP contribution is -2.29. The van der Waals surface area contributed by atoms with Crippen LogP contribution in [0.1, 0.15) is 12.5 Å². The van der Waals surface area contributed by atoms with Gasteiger partial charge in [-0.2, -0.15) is 5.10 Å². The molecule has 0 aliphatic rings. The molecule has 0 atom stereocenters. The highest BCUT2D eigenvalue weighted by Gasteiger charge is 2.12. The van der Waals surface area contributed by atoms with Crippen molar-refractivity contribution in [3.05, 3.63) is 34.6 Å². The van der Waals surface area contributed by atoms with E-state index in [9.17, 15) is 4.39 Å². The molecule has 0 saturated carbocycles. The van der Waals surface area contributed by atoms with Crippen LogP contribution in [0.3, 0.4) is 0 Å². The van der Waals surface area contributed by atoms with Gasteiger partial charge in [0.05, 0.1) is 10.7 Å². The lowest BCUT2D eigenvalue weighted by Gasteiger charge is -2.16. The summed E-state index contributed by atoms with van der Waals surface area (Å²) in [6, 6.07) is 3.02. The number of allylic oxidation sites excluding steroid dienone is 1. The molecule has 0 aliphatic carbocycles. The van der Waals surface area contributed by atoms with Gasteiger partial charge in [0.25, 0.3) is 0 Å². The summed E-state index contributed by atoms with van der Waals surface area (Å²) in [5.41, 5.74) is 0.718. The van der Waals surface area contributed by atoms with E-state index in [1.807, 2.05) is 0 Å². The van der Waals surface area contributed by atoms with Crippen molar-refractivity contribution < 1.29 is 4.39 Å². The van der Waals surface area contributed by atoms with Crippen molar-refractivity contribution in [3.8, 4) is 0 Å². The van der Waals surface area contributed by atoms with Gasteiger partial charge in [-0.1, -0.05) is 23.8 Å². The van der Waals surface area contributed by atoms with Crippen LogP contribution < -0.4 is 10.9 Å². The molecular formula is C11H12ClFN4. The van der Waals surface area contributed by atoms with Gasteiger partial charge in [-0.05, 0) is 19.1 Å². The van der Waals surface area contributed by atoms with E-state index in [1.165, 1.54) is 12.4 Å². The zero-order chi connectivity index (χ0) is 12.8. The second kappa shape index (κ2) is 6.12. The molecule has 0 aliphatic heterocycles. The molecule has 2 N–H and O–H groups in total. The minimum Gasteiger partial charge on any atom is -0.266 e. The summed E-state index contributed by atoms with van der Waals surface area (Å²) in [5, 5.41) is 7.97. The smallest absolute Gasteiger partial charge is 0.151 e. The van der Waals surface area contributed by atoms with Crippen molar-refractivity contribution in [2.75, 3.05) is 5.01 Å². The van der Waals surface area contributed by atoms with E-state index in [0.29, 0.717) is 5.69 Å². The van der Waals surface area contributed by atoms with E-state index in [4.69, 9.17) is 17.4 Å². The van der Waals surface area contributed by atoms with Crippen molar-refractivity contribution in [1.82, 2.24) is 0 Å². The molecule has 0 aromatic heterocycles. The fourth-order valence-corrected chi connectivity index (χ4v) is 1.43. The Bertz CT molecular complexity index is 471. The highest BCUT2D eigenvalue weighted by Crippen LogP contribution is 2.28. The van der Waals surface area contributed by atoms with Crippen LogP contribution in [0.2, 0.25) is 5.02 Å². The molecule has 0 heterocycles. The third-order valence-electron chi connectivity index (χ3n) is 1.98. The van der Waals surface area contributed by atoms with Gasteiger partial charge in [0, 0.05) is 12.3 Å². The van der Waals surface area contributed by atoms with Crippen LogP contribution in [0.4, 0.5) is 10.1 Å². The number of hydrazine groups is 1. The van der Waals surface area contributed by atoms with Crippen LogP contribution in [-0.2, 0) is 0 Å². The Labute approximate surface area is 104 Å². The topological polar surface area (TPSA) is 54.0 Å². The van der Waals surface area contributed by atoms with E-state index >= 15 is 0 Å². The Morgan fingerprint density at radius 2 is 2.24 bits per heavy atom. The number of hydrogen-bond donors (Lipinski definition) is 1. The third-order valence-corrected chi connectivity index (χ3v) is 2.27. The first-order valence-corrected chi connectivity index (χ1v) is 5.13. The van der Waals surface area contributed by atoms with Crippen LogP contribution >= 0.6 is 11.6 Å². The Morgan fingerprint density at radius 3 is 2.82 bits per heavy atom. The lowest BCUT2D eigenvalue weighted by atomic mass is 10.1. The number of nitrogens with zero attached hydrogens (tertiary/aromatic N) is 3. The molecule has 6 heteroatoms. The first kappa shape index (κ1) is 13.3. The van der Waals surface area contributed by atoms with Crippen molar-refractivity contribution in [3.63, 3.8) is 0 Å². The van der Waals surface area contributed by atoms with E-state index in [0.717, 1.165) is 5.01 Å². The van der Waals surface area contributed by atoms with Gasteiger partial charge in [0.2, 0.25) is 0 Å². The van der Waals surface area contributed by atoms with Gasteiger partial charge in [0.15, 0.2) is 5.82 Å². The molecule has 0 bridgehead atoms. The summed E-state index contributed by atoms with van der Waals surface area (Å²) in [4.78, 5) is 0. The molecule has 0 saturated heterocycles. The molecule has 1 aromatic carbocycles. The maximum atomic E-state index is 13.8. The highest BCUT2D eigenvalue weighted by atomic mass is 35.5. The number of benzene rings is 1. The van der Waals surface area contributed by atoms with Crippen LogP contribution in [0.5, 0.6) is 0 Å². The zero-order valence-electron chi connectivity index (χ0n) is 9.27. The fourth-order valence-electron chi connectivity index (χ4n) is 1.26. The summed E-state index contributed by atoms with van der Waals surface area (Å²) < 4.78 is 13.8. The summed E-state index contributed by atoms with van der Waals surface area (Å²) in [6.07, 6.45) is 4.49. The van der Waals surface area contributed by atoms with Gasteiger partial charge in [-0.25, -0.2) is 10.2 Å². The molecule has 0 unspecified atom stereocenters. The maximum absolute atomic E-state index is 13.8. The van der Waals surface area contributed by atoms with Gasteiger partial charge in [-0.3, -0.25) is 5.01 Å². The van der Waals surface area contributed by atoms with Crippen molar-refractivity contribution in [2.24, 2.45) is 16.0 Å². The Morgan fingerprint density at radius 1 is 1.53 bits per heavy atom. The number of hydrogen-bond acceptors (Lipinski definition) is 3. The summed E-state index contributed by atoms with van der Waals surface area (Å²) in [7, 11) is 0. The van der Waals surface area contributed by atoms with Crippen molar-refractivity contribution >= 4 is 36.4 Å². The molecule has 17 heavy (non-hydrogen) atoms. The van der Waals surface area contributed by atoms with E-state index in [2.05, 4.69) is 16.9 Å². The molecule has 4 nitrogen and oxygen atoms in total. The van der Waals surface area contributed by atoms with Crippen LogP contribution in [0.25, 0.3) is 6.08 Å². The highest BCUT2D eigenvalue weighted by molar-refractivity contribution is 6.31. The first-order valence-electron chi connectivity index (χ1n) is 4.75. The molecule has 90 valence electrons. The predicted molar refractivity (Wildman–Crippen MR) is 70.8 cm³/mol. The largest absolute Gasteiger partial charge is 0.266 e. The normalized spacial score (nSPS) is 11.3. The zero-order valence-corrected chi connectivity index (χ0v) is 10.0. The third kappa shape index (κ3) is 3.12. The second-order valence-corrected chi connectivity index (χ2v) is 3.48. The van der Waals surface area contributed by atoms with E-state index in [-0.39, 0.29) is 10.6 Å². The van der Waals surface area contributed by atoms with Crippen LogP contribution in [0.15, 0.2) is 28.4 Å². The number of anilines is 1. The molecule has 0 fully saturated rings. The SMILES string of the molecule is C=N/N=C\N(N)c1ccc(Cl)c(F)c1/C=C/C. The van der Waals surface area contributed by atoms with Crippen molar-refractivity contribution in [1.29, 1.82) is 0 Å². The summed E-state index contributed by atoms with van der Waals surface area (Å²) in [5.74, 6) is 5.15. The van der Waals surface area contributed by atoms with Gasteiger partial charge in [0.1, 0.15) is 6.34 Å². The molecule has 1 rings (SSSR count). The average molecular weight is 255 g/mol. The quantitative estimate of drug-likeness (QED) is 0.389. The minimum absolute atomic E-state index is 0.0361. The number of nitrogens with two attached hydrogens (primary N) is 1. The molecule has 0 amide bonds. The fraction of sp³-hybridized carbons (Fsp3) is 0.0909. The lowest BCUT2D eigenvalue weighted by molar-refractivity contribution is 0.625. The van der Waals surface area contributed by atoms with Gasteiger partial charge >= 0.3 is 0 Å². The van der Waals surface area contributed by atoms with Gasteiger partial charge in [-0.15, -0.1) is 5.10 Å². The van der Waals surface area contributed by atoms with Crippen molar-refractivity contribution in [2.45, 2.75) is 6.92 Å². The second-order valence-electron chi connectivity index (χ2n) is 3.07. The summed E-state index contributed by atoms with van der Waals surface area (Å²) >= 11 is 5.70. The van der Waals surface area contributed by atoms with Crippen LogP contribution in [0, 0.1) is 5.82 Å². The van der Waals surface area contributed by atoms with Gasteiger partial charge < -0.3 is 0 Å². The molecule has 0 spiro atoms. The minimum atomic E-state index is -0.530. The van der Waals surface area contributed by atoms with Crippen LogP contribution in [-0.4, -0.2) is 13.1 Å². The molecular weight excluding hydrogens is 243 g/mol.